The van der Waals surface area contributed by atoms with Crippen LogP contribution in [-0.4, -0.2) is 18.0 Å². The number of hydrogen-bond acceptors (Lipinski definition) is 1. The van der Waals surface area contributed by atoms with Crippen molar-refractivity contribution in [2.75, 3.05) is 0 Å². The molecule has 0 radical (unpaired) electrons. The number of hydrogen-bond donors (Lipinski definition) is 0. The molecule has 66 valence electrons. The van der Waals surface area contributed by atoms with Gasteiger partial charge in [0.25, 0.3) is 0 Å². The molecule has 0 bridgehead atoms. The van der Waals surface area contributed by atoms with Gasteiger partial charge in [0.2, 0.25) is 0 Å². The highest BCUT2D eigenvalue weighted by atomic mass is 16.2. The summed E-state index contributed by atoms with van der Waals surface area (Å²) in [4.78, 5) is 18.4. The topological polar surface area (TPSA) is 41.8 Å². The molecule has 3 rings (SSSR count). The van der Waals surface area contributed by atoms with E-state index in [1.165, 1.54) is 0 Å². The first-order valence-electron chi connectivity index (χ1n) is 4.33. The smallest absolute Gasteiger partial charge is 0.244 e. The van der Waals surface area contributed by atoms with Crippen LogP contribution in [0, 0.1) is 0 Å². The highest BCUT2D eigenvalue weighted by molar-refractivity contribution is 6.51. The molecule has 0 N–H and O–H groups in total. The summed E-state index contributed by atoms with van der Waals surface area (Å²) < 4.78 is 0. The van der Waals surface area contributed by atoms with E-state index in [4.69, 9.17) is 0 Å². The lowest BCUT2D eigenvalue weighted by Crippen LogP contribution is -2.22. The summed E-state index contributed by atoms with van der Waals surface area (Å²) in [5.41, 5.74) is 1.67. The van der Waals surface area contributed by atoms with Gasteiger partial charge in [-0.15, -0.1) is 0 Å². The average Bonchev–Trinajstić information content (AvgIpc) is 2.54. The molecule has 0 atom stereocenters. The Morgan fingerprint density at radius 1 is 1.14 bits per heavy atom. The number of urea groups is 1. The highest BCUT2D eigenvalue weighted by Crippen LogP contribution is 2.06. The van der Waals surface area contributed by atoms with Crippen molar-refractivity contribution in [2.45, 2.75) is 0 Å². The predicted molar refractivity (Wildman–Crippen MR) is 54.9 cm³/mol. The van der Waals surface area contributed by atoms with Gasteiger partial charge in [-0.1, -0.05) is 24.3 Å². The molecule has 0 fully saturated rings. The Bertz CT molecular complexity index is 608. The number of carbonyl (C=O) groups is 1. The lowest BCUT2D eigenvalue weighted by Gasteiger charge is -2.00. The summed E-state index contributed by atoms with van der Waals surface area (Å²) in [6.07, 6.45) is 3.50. The fourth-order valence-electron chi connectivity index (χ4n) is 1.71. The molecule has 0 unspecified atom stereocenters. The van der Waals surface area contributed by atoms with Gasteiger partial charge in [-0.2, -0.15) is 9.98 Å². The van der Waals surface area contributed by atoms with Crippen LogP contribution >= 0.6 is 0 Å². The second-order valence-electron chi connectivity index (χ2n) is 3.18. The van der Waals surface area contributed by atoms with Gasteiger partial charge in [-0.25, -0.2) is 4.79 Å². The first-order valence-corrected chi connectivity index (χ1v) is 4.33. The second-order valence-corrected chi connectivity index (χ2v) is 3.18. The second kappa shape index (κ2) is 2.48. The monoisotopic (exact) mass is 182 g/mol. The number of benzene rings is 1. The zero-order valence-corrected chi connectivity index (χ0v) is 7.27. The first-order chi connectivity index (χ1) is 6.84. The van der Waals surface area contributed by atoms with E-state index in [0.29, 0.717) is 0 Å². The van der Waals surface area contributed by atoms with Crippen LogP contribution < -0.4 is 10.4 Å². The van der Waals surface area contributed by atoms with Crippen molar-refractivity contribution in [2.24, 2.45) is 9.98 Å². The van der Waals surface area contributed by atoms with E-state index in [1.807, 2.05) is 30.3 Å². The third-order valence-corrected chi connectivity index (χ3v) is 2.34. The maximum Gasteiger partial charge on any atom is 0.367 e. The van der Waals surface area contributed by atoms with Crippen molar-refractivity contribution >= 4 is 29.6 Å². The van der Waals surface area contributed by atoms with E-state index in [9.17, 15) is 4.79 Å². The molecule has 1 aromatic carbocycles. The normalized spacial score (nSPS) is 17.3. The van der Waals surface area contributed by atoms with Crippen LogP contribution in [0.1, 0.15) is 0 Å². The Morgan fingerprint density at radius 3 is 2.93 bits per heavy atom. The van der Waals surface area contributed by atoms with Crippen LogP contribution in [-0.2, 0) is 0 Å². The van der Waals surface area contributed by atoms with Crippen LogP contribution in [0.15, 0.2) is 34.3 Å². The van der Waals surface area contributed by atoms with Crippen LogP contribution in [0.3, 0.4) is 0 Å². The molecule has 0 saturated heterocycles. The molecule has 3 nitrogen and oxygen atoms in total. The van der Waals surface area contributed by atoms with Gasteiger partial charge in [0.1, 0.15) is 0 Å². The maximum atomic E-state index is 10.9. The Balaban J connectivity index is 2.45. The average molecular weight is 182 g/mol. The molecule has 0 aromatic heterocycles. The molecular formula is C11H6N2O. The Kier molecular flexibility index (Phi) is 1.31. The number of fused-ring (bicyclic) bond motifs is 2. The van der Waals surface area contributed by atoms with Crippen molar-refractivity contribution in [3.8, 4) is 0 Å². The molecule has 1 heterocycles. The number of rotatable bonds is 0. The van der Waals surface area contributed by atoms with E-state index in [0.717, 1.165) is 21.7 Å². The summed E-state index contributed by atoms with van der Waals surface area (Å²) in [5.74, 6) is 0. The summed E-state index contributed by atoms with van der Waals surface area (Å²) in [7, 11) is 0. The summed E-state index contributed by atoms with van der Waals surface area (Å²) in [5, 5.41) is 2.20. The lowest BCUT2D eigenvalue weighted by molar-refractivity contribution is 0.257. The first kappa shape index (κ1) is 7.38. The van der Waals surface area contributed by atoms with Crippen LogP contribution in [0.4, 0.5) is 4.79 Å². The fourth-order valence-corrected chi connectivity index (χ4v) is 1.71. The Morgan fingerprint density at radius 2 is 2.00 bits per heavy atom. The molecule has 0 spiro atoms. The maximum absolute atomic E-state index is 10.9. The largest absolute Gasteiger partial charge is 0.367 e. The molecule has 1 aliphatic carbocycles. The van der Waals surface area contributed by atoms with Crippen molar-refractivity contribution in [3.63, 3.8) is 0 Å². The van der Waals surface area contributed by atoms with Gasteiger partial charge in [-0.05, 0) is 16.5 Å². The third-order valence-electron chi connectivity index (χ3n) is 2.34. The van der Waals surface area contributed by atoms with E-state index < -0.39 is 6.03 Å². The van der Waals surface area contributed by atoms with E-state index in [1.54, 1.807) is 6.21 Å². The SMILES string of the molecule is O=C1N=CC2=c3ccccc3=CC2=N1. The van der Waals surface area contributed by atoms with E-state index in [-0.39, 0.29) is 0 Å². The van der Waals surface area contributed by atoms with Crippen LogP contribution in [0.2, 0.25) is 0 Å². The minimum absolute atomic E-state index is 0.423. The zero-order valence-electron chi connectivity index (χ0n) is 7.27. The van der Waals surface area contributed by atoms with E-state index >= 15 is 0 Å². The van der Waals surface area contributed by atoms with Crippen LogP contribution in [0.25, 0.3) is 11.6 Å². The molecular weight excluding hydrogens is 176 g/mol. The minimum atomic E-state index is -0.423. The summed E-state index contributed by atoms with van der Waals surface area (Å²) in [6, 6.07) is 7.51. The van der Waals surface area contributed by atoms with Crippen molar-refractivity contribution < 1.29 is 4.79 Å². The highest BCUT2D eigenvalue weighted by Gasteiger charge is 2.15. The molecule has 2 aliphatic rings. The Labute approximate surface area is 79.8 Å². The Hall–Kier alpha value is -2.03. The van der Waals surface area contributed by atoms with Gasteiger partial charge in [0.15, 0.2) is 0 Å². The van der Waals surface area contributed by atoms with Crippen molar-refractivity contribution in [3.05, 3.63) is 34.7 Å². The minimum Gasteiger partial charge on any atom is -0.244 e. The fraction of sp³-hybridized carbons (Fsp3) is 0. The molecule has 0 saturated carbocycles. The van der Waals surface area contributed by atoms with Gasteiger partial charge in [0.05, 0.1) is 5.71 Å². The number of carbonyl (C=O) groups excluding carboxylic acids is 1. The van der Waals surface area contributed by atoms with Gasteiger partial charge in [0, 0.05) is 11.8 Å². The van der Waals surface area contributed by atoms with Gasteiger partial charge < -0.3 is 0 Å². The van der Waals surface area contributed by atoms with E-state index in [2.05, 4.69) is 9.98 Å². The predicted octanol–water partition coefficient (Wildman–Crippen LogP) is 0.277. The summed E-state index contributed by atoms with van der Waals surface area (Å²) >= 11 is 0. The number of nitrogens with zero attached hydrogens (tertiary/aromatic N) is 2. The zero-order chi connectivity index (χ0) is 9.54. The van der Waals surface area contributed by atoms with Gasteiger partial charge >= 0.3 is 6.03 Å². The van der Waals surface area contributed by atoms with Gasteiger partial charge in [-0.3, -0.25) is 0 Å². The van der Waals surface area contributed by atoms with Crippen molar-refractivity contribution in [1.29, 1.82) is 0 Å². The number of aliphatic imine (C=N–C) groups is 2. The van der Waals surface area contributed by atoms with Crippen LogP contribution in [0.5, 0.6) is 0 Å². The third kappa shape index (κ3) is 0.893. The number of amides is 2. The standard InChI is InChI=1S/C11H6N2O/c14-11-12-6-9-8-4-2-1-3-7(8)5-10(9)13-11/h1-6H. The molecule has 14 heavy (non-hydrogen) atoms. The molecule has 1 aliphatic heterocycles. The van der Waals surface area contributed by atoms with Crippen molar-refractivity contribution in [1.82, 2.24) is 0 Å². The molecule has 2 amide bonds. The quantitative estimate of drug-likeness (QED) is 0.568. The lowest BCUT2D eigenvalue weighted by atomic mass is 10.1. The molecule has 3 heteroatoms. The molecule has 1 aromatic rings. The summed E-state index contributed by atoms with van der Waals surface area (Å²) in [6.45, 7) is 0.